The largest absolute Gasteiger partial charge is 0.393 e. The molecule has 420 valence electrons. The Labute approximate surface area is 449 Å². The van der Waals surface area contributed by atoms with E-state index in [0.29, 0.717) is 41.9 Å². The Hall–Kier alpha value is -1.18. The summed E-state index contributed by atoms with van der Waals surface area (Å²) in [5.41, 5.74) is 0.301. The van der Waals surface area contributed by atoms with E-state index < -0.39 is 0 Å². The number of nitrogens with zero attached hydrogens (tertiary/aromatic N) is 2. The minimum atomic E-state index is -0.371. The molecule has 2 amide bonds. The second-order valence-electron chi connectivity index (χ2n) is 28.6. The van der Waals surface area contributed by atoms with Gasteiger partial charge in [-0.05, 0) is 212 Å². The van der Waals surface area contributed by atoms with E-state index in [4.69, 9.17) is 0 Å². The van der Waals surface area contributed by atoms with Crippen LogP contribution in [0.3, 0.4) is 0 Å². The standard InChI is InChI=1S/C66H117N3O4/c1-7-10-12-14-16-18-20-22-24-26-53(27-25-23-21-19-17-15-13-11-8-2)69(62(52-34-38-68(9-3)39-35-52)63(73)67-66-45-49-40-50(46-66)42-51(41-49)47-66)61(72)31-28-48(4)56-29-30-57-55-44-60(71)59-43-54(70)32-36-65(59,6)58(55)33-37-64(56,57)5/h48-60,62,70-71H,7-47H2,1-6H3,(H,67,73). The van der Waals surface area contributed by atoms with Gasteiger partial charge in [0.25, 0.3) is 0 Å². The zero-order valence-corrected chi connectivity index (χ0v) is 48.7. The van der Waals surface area contributed by atoms with Crippen molar-refractivity contribution in [1.29, 1.82) is 0 Å². The zero-order valence-electron chi connectivity index (χ0n) is 48.7. The maximum absolute atomic E-state index is 16.0. The zero-order chi connectivity index (χ0) is 51.6. The quantitative estimate of drug-likeness (QED) is 0.0624. The van der Waals surface area contributed by atoms with Crippen molar-refractivity contribution in [3.05, 3.63) is 0 Å². The van der Waals surface area contributed by atoms with Crippen molar-refractivity contribution in [3.8, 4) is 0 Å². The molecule has 0 aromatic rings. The Bertz CT molecular complexity index is 1620. The molecule has 4 bridgehead atoms. The van der Waals surface area contributed by atoms with Crippen molar-refractivity contribution >= 4 is 11.8 Å². The van der Waals surface area contributed by atoms with Gasteiger partial charge in [0, 0.05) is 18.0 Å². The highest BCUT2D eigenvalue weighted by Crippen LogP contribution is 2.68. The summed E-state index contributed by atoms with van der Waals surface area (Å²) >= 11 is 0. The van der Waals surface area contributed by atoms with E-state index in [-0.39, 0.29) is 58.4 Å². The van der Waals surface area contributed by atoms with Gasteiger partial charge in [0.05, 0.1) is 12.2 Å². The third-order valence-corrected chi connectivity index (χ3v) is 23.7. The Balaban J connectivity index is 1.02. The average Bonchev–Trinajstić information content (AvgIpc) is 3.73. The lowest BCUT2D eigenvalue weighted by Crippen LogP contribution is -2.65. The van der Waals surface area contributed by atoms with Crippen molar-refractivity contribution in [3.63, 3.8) is 0 Å². The fraction of sp³-hybridized carbons (Fsp3) is 0.970. The Morgan fingerprint density at radius 1 is 0.603 bits per heavy atom. The SMILES string of the molecule is CCCCCCCCCCCC(CCCCCCCCCCC)N(C(=O)CCC(C)C1CCC2C3CC(O)C4CC(O)CCC4(C)C3CCC12C)C(C(=O)NC12CC3CC(CC(C3)C1)C2)C1CCN(CC)CC1. The summed E-state index contributed by atoms with van der Waals surface area (Å²) in [6.45, 7) is 17.6. The number of rotatable bonds is 30. The highest BCUT2D eigenvalue weighted by Gasteiger charge is 2.62. The molecular weight excluding hydrogens is 899 g/mol. The van der Waals surface area contributed by atoms with E-state index in [1.165, 1.54) is 148 Å². The predicted molar refractivity (Wildman–Crippen MR) is 303 cm³/mol. The summed E-state index contributed by atoms with van der Waals surface area (Å²) in [4.78, 5) is 36.8. The normalized spacial score (nSPS) is 36.9. The van der Waals surface area contributed by atoms with Gasteiger partial charge in [-0.25, -0.2) is 0 Å². The number of unbranched alkanes of at least 4 members (excludes halogenated alkanes) is 16. The molecule has 9 rings (SSSR count). The number of hydrogen-bond acceptors (Lipinski definition) is 5. The molecule has 8 saturated carbocycles. The lowest BCUT2D eigenvalue weighted by atomic mass is 9.44. The topological polar surface area (TPSA) is 93.1 Å². The molecule has 0 radical (unpaired) electrons. The van der Waals surface area contributed by atoms with Crippen LogP contribution in [0.1, 0.15) is 286 Å². The van der Waals surface area contributed by atoms with E-state index in [1.807, 2.05) is 0 Å². The van der Waals surface area contributed by atoms with Gasteiger partial charge in [0.2, 0.25) is 11.8 Å². The molecule has 0 aromatic heterocycles. The molecule has 0 aromatic carbocycles. The second kappa shape index (κ2) is 27.1. The Morgan fingerprint density at radius 3 is 1.67 bits per heavy atom. The second-order valence-corrected chi connectivity index (χ2v) is 28.6. The number of carbonyl (C=O) groups is 2. The van der Waals surface area contributed by atoms with Crippen LogP contribution in [0, 0.1) is 70.0 Å². The molecule has 7 heteroatoms. The van der Waals surface area contributed by atoms with Gasteiger partial charge in [-0.3, -0.25) is 9.59 Å². The number of hydrogen-bond donors (Lipinski definition) is 3. The van der Waals surface area contributed by atoms with Crippen molar-refractivity contribution < 1.29 is 19.8 Å². The van der Waals surface area contributed by atoms with Gasteiger partial charge < -0.3 is 25.3 Å². The molecule has 3 N–H and O–H groups in total. The summed E-state index contributed by atoms with van der Waals surface area (Å²) in [5, 5.41) is 26.4. The highest BCUT2D eigenvalue weighted by atomic mass is 16.3. The molecule has 11 unspecified atom stereocenters. The number of carbonyl (C=O) groups excluding carboxylic acids is 2. The van der Waals surface area contributed by atoms with Crippen molar-refractivity contribution in [2.75, 3.05) is 19.6 Å². The van der Waals surface area contributed by atoms with Crippen LogP contribution in [0.4, 0.5) is 0 Å². The van der Waals surface area contributed by atoms with Crippen LogP contribution in [0.25, 0.3) is 0 Å². The molecule has 0 spiro atoms. The molecule has 11 atom stereocenters. The number of likely N-dealkylation sites (tertiary alicyclic amines) is 1. The molecule has 1 aliphatic heterocycles. The first-order chi connectivity index (χ1) is 35.3. The van der Waals surface area contributed by atoms with Gasteiger partial charge in [-0.1, -0.05) is 157 Å². The van der Waals surface area contributed by atoms with Gasteiger partial charge >= 0.3 is 0 Å². The van der Waals surface area contributed by atoms with Crippen LogP contribution >= 0.6 is 0 Å². The minimum absolute atomic E-state index is 0.0698. The van der Waals surface area contributed by atoms with E-state index in [1.54, 1.807) is 0 Å². The number of amides is 2. The molecule has 9 fully saturated rings. The number of fused-ring (bicyclic) bond motifs is 5. The number of piperidine rings is 1. The molecular formula is C66H117N3O4. The first-order valence-corrected chi connectivity index (χ1v) is 33.0. The Kier molecular flexibility index (Phi) is 21.5. The maximum atomic E-state index is 16.0. The van der Waals surface area contributed by atoms with E-state index >= 15 is 9.59 Å². The smallest absolute Gasteiger partial charge is 0.243 e. The lowest BCUT2D eigenvalue weighted by molar-refractivity contribution is -0.172. The highest BCUT2D eigenvalue weighted by molar-refractivity contribution is 5.89. The first kappa shape index (κ1) is 58.0. The molecule has 1 heterocycles. The molecule has 8 aliphatic carbocycles. The van der Waals surface area contributed by atoms with E-state index in [0.717, 1.165) is 127 Å². The number of aliphatic hydroxyl groups excluding tert-OH is 2. The fourth-order valence-electron chi connectivity index (χ4n) is 20.1. The van der Waals surface area contributed by atoms with Crippen LogP contribution in [-0.4, -0.2) is 81.3 Å². The molecule has 9 aliphatic rings. The average molecular weight is 1020 g/mol. The summed E-state index contributed by atoms with van der Waals surface area (Å²) in [6, 6.07) is -0.245. The maximum Gasteiger partial charge on any atom is 0.243 e. The number of nitrogens with one attached hydrogen (secondary N) is 1. The van der Waals surface area contributed by atoms with Gasteiger partial charge in [-0.15, -0.1) is 0 Å². The van der Waals surface area contributed by atoms with Crippen LogP contribution in [0.15, 0.2) is 0 Å². The van der Waals surface area contributed by atoms with Crippen LogP contribution in [-0.2, 0) is 9.59 Å². The third kappa shape index (κ3) is 14.0. The van der Waals surface area contributed by atoms with Crippen molar-refractivity contribution in [2.24, 2.45) is 70.0 Å². The van der Waals surface area contributed by atoms with E-state index in [2.05, 4.69) is 56.7 Å². The fourth-order valence-corrected chi connectivity index (χ4v) is 20.1. The monoisotopic (exact) mass is 1020 g/mol. The van der Waals surface area contributed by atoms with Crippen LogP contribution < -0.4 is 5.32 Å². The summed E-state index contributed by atoms with van der Waals surface area (Å²) in [6.07, 6.45) is 44.7. The Morgan fingerprint density at radius 2 is 1.12 bits per heavy atom. The van der Waals surface area contributed by atoms with Crippen LogP contribution in [0.5, 0.6) is 0 Å². The van der Waals surface area contributed by atoms with E-state index in [9.17, 15) is 10.2 Å². The van der Waals surface area contributed by atoms with Crippen molar-refractivity contribution in [2.45, 2.75) is 315 Å². The van der Waals surface area contributed by atoms with Gasteiger partial charge in [0.15, 0.2) is 0 Å². The summed E-state index contributed by atoms with van der Waals surface area (Å²) in [5.74, 6) is 6.12. The number of aliphatic hydroxyl groups is 2. The molecule has 7 nitrogen and oxygen atoms in total. The minimum Gasteiger partial charge on any atom is -0.393 e. The molecule has 1 saturated heterocycles. The summed E-state index contributed by atoms with van der Waals surface area (Å²) in [7, 11) is 0. The van der Waals surface area contributed by atoms with Gasteiger partial charge in [-0.2, -0.15) is 0 Å². The lowest BCUT2D eigenvalue weighted by Gasteiger charge is -2.62. The van der Waals surface area contributed by atoms with Crippen molar-refractivity contribution in [1.82, 2.24) is 15.1 Å². The van der Waals surface area contributed by atoms with Crippen LogP contribution in [0.2, 0.25) is 0 Å². The molecule has 73 heavy (non-hydrogen) atoms. The third-order valence-electron chi connectivity index (χ3n) is 23.7. The van der Waals surface area contributed by atoms with Gasteiger partial charge in [0.1, 0.15) is 6.04 Å². The predicted octanol–water partition coefficient (Wildman–Crippen LogP) is 15.6. The first-order valence-electron chi connectivity index (χ1n) is 33.0. The summed E-state index contributed by atoms with van der Waals surface area (Å²) < 4.78 is 0.